The number of aromatic nitrogens is 3. The van der Waals surface area contributed by atoms with Crippen molar-refractivity contribution in [1.29, 1.82) is 0 Å². The molecule has 3 heterocycles. The van der Waals surface area contributed by atoms with Crippen LogP contribution < -0.4 is 0 Å². The number of benzene rings is 7. The molecule has 0 fully saturated rings. The Morgan fingerprint density at radius 3 is 2.30 bits per heavy atom. The molecule has 3 aromatic heterocycles. The number of hydrogen-bond acceptors (Lipinski definition) is 3. The lowest BCUT2D eigenvalue weighted by Crippen LogP contribution is -2.03. The van der Waals surface area contributed by atoms with Crippen LogP contribution in [-0.2, 0) is 0 Å². The first kappa shape index (κ1) is 17.2. The summed E-state index contributed by atoms with van der Waals surface area (Å²) in [6, 6.07) is 26.5. The fourth-order valence-corrected chi connectivity index (χ4v) is 6.33. The topological polar surface area (TPSA) is 43.9 Å². The lowest BCUT2D eigenvalue weighted by molar-refractivity contribution is 0.672. The summed E-state index contributed by atoms with van der Waals surface area (Å²) in [5.41, 5.74) is 2.64. The third-order valence-electron chi connectivity index (χ3n) is 8.34. The van der Waals surface area contributed by atoms with Crippen molar-refractivity contribution in [3.63, 3.8) is 0 Å². The molecule has 4 nitrogen and oxygen atoms in total. The molecule has 44 heavy (non-hydrogen) atoms. The smallest absolute Gasteiger partial charge is 0.235 e. The van der Waals surface area contributed by atoms with Gasteiger partial charge < -0.3 is 4.42 Å². The van der Waals surface area contributed by atoms with E-state index in [0.717, 1.165) is 32.6 Å². The molecule has 0 bridgehead atoms. The first-order chi connectivity index (χ1) is 25.1. The number of para-hydroxylation sites is 2. The van der Waals surface area contributed by atoms with E-state index in [4.69, 9.17) is 22.6 Å². The van der Waals surface area contributed by atoms with E-state index in [2.05, 4.69) is 30.3 Å². The van der Waals surface area contributed by atoms with Crippen molar-refractivity contribution < 1.29 is 15.4 Å². The van der Waals surface area contributed by atoms with Gasteiger partial charge in [0.25, 0.3) is 0 Å². The minimum atomic E-state index is -0.484. The maximum atomic E-state index is 9.59. The van der Waals surface area contributed by atoms with E-state index < -0.39 is 12.1 Å². The normalized spacial score (nSPS) is 14.6. The van der Waals surface area contributed by atoms with Gasteiger partial charge in [0.1, 0.15) is 11.2 Å². The molecule has 0 amide bonds. The van der Waals surface area contributed by atoms with Crippen LogP contribution in [0.2, 0.25) is 0 Å². The molecule has 0 atom stereocenters. The summed E-state index contributed by atoms with van der Waals surface area (Å²) in [6.07, 6.45) is 0. The lowest BCUT2D eigenvalue weighted by Gasteiger charge is -2.12. The van der Waals surface area contributed by atoms with Crippen molar-refractivity contribution in [2.24, 2.45) is 0 Å². The number of rotatable bonds is 2. The lowest BCUT2D eigenvalue weighted by atomic mass is 10.0. The zero-order valence-corrected chi connectivity index (χ0v) is 22.9. The molecule has 10 aromatic rings. The third kappa shape index (κ3) is 3.28. The van der Waals surface area contributed by atoms with Crippen molar-refractivity contribution in [1.82, 2.24) is 14.5 Å². The highest BCUT2D eigenvalue weighted by Crippen LogP contribution is 2.39. The molecular formula is C40H23N3O. The van der Waals surface area contributed by atoms with Crippen LogP contribution >= 0.6 is 0 Å². The molecule has 0 radical (unpaired) electrons. The number of hydrogen-bond donors (Lipinski definition) is 0. The van der Waals surface area contributed by atoms with E-state index in [0.29, 0.717) is 16.9 Å². The highest BCUT2D eigenvalue weighted by molar-refractivity contribution is 6.16. The Hall–Kier alpha value is -6.00. The molecule has 0 N–H and O–H groups in total. The van der Waals surface area contributed by atoms with E-state index in [1.54, 1.807) is 0 Å². The van der Waals surface area contributed by atoms with E-state index in [1.165, 1.54) is 6.07 Å². The molecular weight excluding hydrogens is 538 g/mol. The summed E-state index contributed by atoms with van der Waals surface area (Å²) in [5.74, 6) is 0.327. The molecule has 10 rings (SSSR count). The Morgan fingerprint density at radius 2 is 1.36 bits per heavy atom. The average molecular weight is 570 g/mol. The Balaban J connectivity index is 1.33. The zero-order chi connectivity index (χ0) is 35.7. The van der Waals surface area contributed by atoms with Gasteiger partial charge >= 0.3 is 0 Å². The molecule has 0 aliphatic carbocycles. The first-order valence-electron chi connectivity index (χ1n) is 18.2. The second-order valence-corrected chi connectivity index (χ2v) is 10.8. The largest absolute Gasteiger partial charge is 0.455 e. The van der Waals surface area contributed by atoms with Crippen LogP contribution in [-0.4, -0.2) is 14.5 Å². The standard InChI is InChI=1S/C40H23N3O/c1-2-11-26-23-36-32(21-25(26)10-1)29-13-6-8-16-35(29)43(36)40-41-34-15-7-5-14-31(34)38(42-40)27-18-20-37-33(22-27)30-19-17-24-9-3-4-12-28(24)39(30)44-37/h1-23H/i3D,4D,9D,12D,17D,18D,20D,22D. The summed E-state index contributed by atoms with van der Waals surface area (Å²) in [4.78, 5) is 10.1. The van der Waals surface area contributed by atoms with Crippen LogP contribution in [0, 0.1) is 0 Å². The highest BCUT2D eigenvalue weighted by Gasteiger charge is 2.19. The van der Waals surface area contributed by atoms with Gasteiger partial charge in [-0.2, -0.15) is 0 Å². The maximum Gasteiger partial charge on any atom is 0.235 e. The number of furan rings is 1. The number of nitrogens with zero attached hydrogens (tertiary/aromatic N) is 3. The van der Waals surface area contributed by atoms with Gasteiger partial charge in [0.05, 0.1) is 33.2 Å². The third-order valence-corrected chi connectivity index (χ3v) is 8.34. The van der Waals surface area contributed by atoms with Crippen LogP contribution in [0.4, 0.5) is 0 Å². The van der Waals surface area contributed by atoms with Gasteiger partial charge in [-0.15, -0.1) is 0 Å². The van der Waals surface area contributed by atoms with Crippen molar-refractivity contribution >= 4 is 76.2 Å². The molecule has 0 saturated heterocycles. The SMILES string of the molecule is [2H]c1c(-c2nc(-n3c4ccccc4c4cc5ccccc5cc43)nc3ccccc23)c([2H])c2c(oc3c2cc([2H])c2c([2H])c([2H])c([2H])c([2H])c23)c1[2H]. The van der Waals surface area contributed by atoms with Gasteiger partial charge in [0.15, 0.2) is 0 Å². The van der Waals surface area contributed by atoms with E-state index in [-0.39, 0.29) is 80.2 Å². The molecule has 0 aliphatic heterocycles. The molecule has 0 spiro atoms. The Morgan fingerprint density at radius 1 is 0.568 bits per heavy atom. The van der Waals surface area contributed by atoms with Crippen molar-refractivity contribution in [3.05, 3.63) is 139 Å². The van der Waals surface area contributed by atoms with Gasteiger partial charge in [-0.05, 0) is 64.6 Å². The zero-order valence-electron chi connectivity index (χ0n) is 30.9. The summed E-state index contributed by atoms with van der Waals surface area (Å²) >= 11 is 0. The van der Waals surface area contributed by atoms with Gasteiger partial charge in [-0.1, -0.05) is 90.9 Å². The maximum absolute atomic E-state index is 9.59. The fraction of sp³-hybridized carbons (Fsp3) is 0. The second-order valence-electron chi connectivity index (χ2n) is 10.8. The summed E-state index contributed by atoms with van der Waals surface area (Å²) in [7, 11) is 0. The Kier molecular flexibility index (Phi) is 3.42. The summed E-state index contributed by atoms with van der Waals surface area (Å²) < 4.78 is 78.5. The minimum absolute atomic E-state index is 0.00904. The van der Waals surface area contributed by atoms with Crippen LogP contribution in [0.5, 0.6) is 0 Å². The Labute approximate surface area is 262 Å². The van der Waals surface area contributed by atoms with Gasteiger partial charge in [0, 0.05) is 37.9 Å². The quantitative estimate of drug-likeness (QED) is 0.208. The minimum Gasteiger partial charge on any atom is -0.455 e. The molecule has 7 aromatic carbocycles. The predicted molar refractivity (Wildman–Crippen MR) is 182 cm³/mol. The molecule has 204 valence electrons. The molecule has 4 heteroatoms. The predicted octanol–water partition coefficient (Wildman–Crippen LogP) is 10.6. The molecule has 0 aliphatic rings. The fourth-order valence-electron chi connectivity index (χ4n) is 6.33. The van der Waals surface area contributed by atoms with Gasteiger partial charge in [-0.3, -0.25) is 4.57 Å². The van der Waals surface area contributed by atoms with Crippen LogP contribution in [0.25, 0.3) is 93.4 Å². The molecule has 0 unspecified atom stereocenters. The monoisotopic (exact) mass is 569 g/mol. The van der Waals surface area contributed by atoms with Crippen LogP contribution in [0.3, 0.4) is 0 Å². The van der Waals surface area contributed by atoms with Crippen LogP contribution in [0.15, 0.2) is 144 Å². The number of fused-ring (bicyclic) bond motifs is 10. The van der Waals surface area contributed by atoms with Crippen molar-refractivity contribution in [3.8, 4) is 17.2 Å². The van der Waals surface area contributed by atoms with E-state index in [9.17, 15) is 2.74 Å². The van der Waals surface area contributed by atoms with E-state index >= 15 is 0 Å². The van der Waals surface area contributed by atoms with Crippen molar-refractivity contribution in [2.45, 2.75) is 0 Å². The van der Waals surface area contributed by atoms with Crippen molar-refractivity contribution in [2.75, 3.05) is 0 Å². The highest BCUT2D eigenvalue weighted by atomic mass is 16.3. The van der Waals surface area contributed by atoms with Gasteiger partial charge in [-0.25, -0.2) is 9.97 Å². The Bertz CT molecular complexity index is 3240. The second kappa shape index (κ2) is 8.76. The van der Waals surface area contributed by atoms with Gasteiger partial charge in [0.2, 0.25) is 5.95 Å². The van der Waals surface area contributed by atoms with E-state index in [1.807, 2.05) is 59.2 Å². The molecule has 0 saturated carbocycles. The van der Waals surface area contributed by atoms with Crippen LogP contribution in [0.1, 0.15) is 11.0 Å². The average Bonchev–Trinajstić information content (AvgIpc) is 3.69. The summed E-state index contributed by atoms with van der Waals surface area (Å²) in [5, 5.41) is 5.12. The summed E-state index contributed by atoms with van der Waals surface area (Å²) in [6.45, 7) is 0. The first-order valence-corrected chi connectivity index (χ1v) is 14.2.